The molecule has 1 atom stereocenters. The summed E-state index contributed by atoms with van der Waals surface area (Å²) >= 11 is 0. The smallest absolute Gasteiger partial charge is 0.144 e. The highest BCUT2D eigenvalue weighted by molar-refractivity contribution is 5.83. The van der Waals surface area contributed by atoms with E-state index in [9.17, 15) is 10.2 Å². The minimum Gasteiger partial charge on any atom is -0.507 e. The number of nitrogens with zero attached hydrogens (tertiary/aromatic N) is 1. The third-order valence-corrected chi connectivity index (χ3v) is 8.00. The second-order valence-electron chi connectivity index (χ2n) is 13.6. The maximum Gasteiger partial charge on any atom is 0.144 e. The number of phenols is 1. The van der Waals surface area contributed by atoms with Gasteiger partial charge in [-0.1, -0.05) is 92.5 Å². The predicted molar refractivity (Wildman–Crippen MR) is 179 cm³/mol. The van der Waals surface area contributed by atoms with Gasteiger partial charge >= 0.3 is 0 Å². The molecule has 3 aromatic carbocycles. The number of aromatic hydroxyl groups is 1. The first-order chi connectivity index (χ1) is 20.2. The Morgan fingerprint density at radius 2 is 1.21 bits per heavy atom. The molecule has 2 N–H and O–H groups in total. The highest BCUT2D eigenvalue weighted by Crippen LogP contribution is 2.46. The second-order valence-corrected chi connectivity index (χ2v) is 13.6. The van der Waals surface area contributed by atoms with E-state index < -0.39 is 11.6 Å². The van der Waals surface area contributed by atoms with Crippen molar-refractivity contribution in [3.8, 4) is 17.2 Å². The molecule has 0 aliphatic rings. The zero-order chi connectivity index (χ0) is 31.8. The molecule has 0 aliphatic heterocycles. The molecule has 0 bridgehead atoms. The van der Waals surface area contributed by atoms with Crippen molar-refractivity contribution in [2.24, 2.45) is 4.99 Å². The molecule has 0 saturated heterocycles. The lowest BCUT2D eigenvalue weighted by molar-refractivity contribution is 0.0519. The molecule has 0 aliphatic carbocycles. The van der Waals surface area contributed by atoms with Crippen LogP contribution in [-0.4, -0.2) is 35.7 Å². The van der Waals surface area contributed by atoms with Gasteiger partial charge < -0.3 is 19.7 Å². The molecule has 43 heavy (non-hydrogen) atoms. The van der Waals surface area contributed by atoms with Gasteiger partial charge in [-0.3, -0.25) is 4.99 Å². The summed E-state index contributed by atoms with van der Waals surface area (Å²) in [5, 5.41) is 23.7. The molecule has 234 valence electrons. The lowest BCUT2D eigenvalue weighted by Gasteiger charge is -2.37. The van der Waals surface area contributed by atoms with Crippen LogP contribution in [0.3, 0.4) is 0 Å². The van der Waals surface area contributed by atoms with Crippen molar-refractivity contribution in [3.63, 3.8) is 0 Å². The monoisotopic (exact) mass is 587 g/mol. The van der Waals surface area contributed by atoms with E-state index in [0.29, 0.717) is 41.4 Å². The molecule has 0 heterocycles. The standard InChI is InChI=1S/C38H53NO4/c1-10-12-22-42-34-20-18-29(36(4,5)6)24-31(34)38(41,27(3)39-26-28-16-14-15-17-33(28)40)32-25-30(37(7,8)9)19-21-35(32)43-23-13-11-2/h14-21,24-27,40-41H,10-13,22-23H2,1-9H3/t27-/m1/s1. The summed E-state index contributed by atoms with van der Waals surface area (Å²) in [4.78, 5) is 4.89. The maximum atomic E-state index is 13.3. The number of benzene rings is 3. The fourth-order valence-electron chi connectivity index (χ4n) is 4.99. The Bertz CT molecular complexity index is 1290. The van der Waals surface area contributed by atoms with Crippen molar-refractivity contribution in [3.05, 3.63) is 88.5 Å². The average Bonchev–Trinajstić information content (AvgIpc) is 2.95. The number of hydrogen-bond acceptors (Lipinski definition) is 5. The van der Waals surface area contributed by atoms with Crippen molar-refractivity contribution in [1.82, 2.24) is 0 Å². The van der Waals surface area contributed by atoms with Gasteiger partial charge in [0.2, 0.25) is 0 Å². The molecular formula is C38H53NO4. The number of phenolic OH excluding ortho intramolecular Hbond substituents is 1. The number of aliphatic hydroxyl groups is 1. The predicted octanol–water partition coefficient (Wildman–Crippen LogP) is 9.09. The summed E-state index contributed by atoms with van der Waals surface area (Å²) in [5.74, 6) is 1.40. The molecule has 5 nitrogen and oxygen atoms in total. The summed E-state index contributed by atoms with van der Waals surface area (Å²) in [7, 11) is 0. The van der Waals surface area contributed by atoms with E-state index >= 15 is 0 Å². The molecule has 0 amide bonds. The first-order valence-electron chi connectivity index (χ1n) is 15.8. The fraction of sp³-hybridized carbons (Fsp3) is 0.500. The van der Waals surface area contributed by atoms with Gasteiger partial charge in [0.05, 0.1) is 19.3 Å². The molecule has 0 spiro atoms. The molecule has 0 radical (unpaired) electrons. The summed E-state index contributed by atoms with van der Waals surface area (Å²) in [6, 6.07) is 18.7. The Kier molecular flexibility index (Phi) is 11.5. The Balaban J connectivity index is 2.37. The summed E-state index contributed by atoms with van der Waals surface area (Å²) in [6.45, 7) is 20.3. The number of hydrogen-bond donors (Lipinski definition) is 2. The second kappa shape index (κ2) is 14.4. The van der Waals surface area contributed by atoms with Gasteiger partial charge in [0.1, 0.15) is 22.8 Å². The van der Waals surface area contributed by atoms with Crippen LogP contribution >= 0.6 is 0 Å². The largest absolute Gasteiger partial charge is 0.507 e. The van der Waals surface area contributed by atoms with Crippen LogP contribution in [0.5, 0.6) is 17.2 Å². The molecule has 0 unspecified atom stereocenters. The van der Waals surface area contributed by atoms with Crippen molar-refractivity contribution in [1.29, 1.82) is 0 Å². The molecule has 0 saturated carbocycles. The van der Waals surface area contributed by atoms with Crippen LogP contribution in [0, 0.1) is 0 Å². The Labute approximate surface area is 260 Å². The Morgan fingerprint density at radius 3 is 1.63 bits per heavy atom. The lowest BCUT2D eigenvalue weighted by atomic mass is 9.75. The molecule has 3 aromatic rings. The van der Waals surface area contributed by atoms with E-state index in [1.54, 1.807) is 18.3 Å². The van der Waals surface area contributed by atoms with Gasteiger partial charge in [0.25, 0.3) is 0 Å². The highest BCUT2D eigenvalue weighted by Gasteiger charge is 2.43. The van der Waals surface area contributed by atoms with Gasteiger partial charge in [-0.15, -0.1) is 0 Å². The van der Waals surface area contributed by atoms with E-state index in [1.807, 2.05) is 31.2 Å². The van der Waals surface area contributed by atoms with Crippen molar-refractivity contribution in [2.75, 3.05) is 13.2 Å². The van der Waals surface area contributed by atoms with Gasteiger partial charge in [0.15, 0.2) is 0 Å². The average molecular weight is 588 g/mol. The first kappa shape index (κ1) is 34.2. The highest BCUT2D eigenvalue weighted by atomic mass is 16.5. The molecular weight excluding hydrogens is 534 g/mol. The van der Waals surface area contributed by atoms with Gasteiger partial charge in [-0.05, 0) is 78.1 Å². The van der Waals surface area contributed by atoms with E-state index in [0.717, 1.165) is 36.8 Å². The van der Waals surface area contributed by atoms with Crippen LogP contribution < -0.4 is 9.47 Å². The van der Waals surface area contributed by atoms with Crippen molar-refractivity contribution in [2.45, 2.75) is 110 Å². The van der Waals surface area contributed by atoms with E-state index in [4.69, 9.17) is 14.5 Å². The number of aliphatic imine (C=N–C) groups is 1. The summed E-state index contributed by atoms with van der Waals surface area (Å²) in [6.07, 6.45) is 5.46. The zero-order valence-electron chi connectivity index (χ0n) is 27.8. The van der Waals surface area contributed by atoms with E-state index in [-0.39, 0.29) is 16.6 Å². The van der Waals surface area contributed by atoms with Crippen LogP contribution in [0.4, 0.5) is 0 Å². The first-order valence-corrected chi connectivity index (χ1v) is 15.8. The number of para-hydroxylation sites is 1. The van der Waals surface area contributed by atoms with Crippen molar-refractivity contribution < 1.29 is 19.7 Å². The van der Waals surface area contributed by atoms with Crippen LogP contribution in [0.1, 0.15) is 116 Å². The van der Waals surface area contributed by atoms with Gasteiger partial charge in [-0.25, -0.2) is 0 Å². The molecule has 0 aromatic heterocycles. The molecule has 0 fully saturated rings. The molecule has 5 heteroatoms. The Hall–Kier alpha value is -3.31. The van der Waals surface area contributed by atoms with Crippen LogP contribution in [0.25, 0.3) is 0 Å². The minimum absolute atomic E-state index is 0.138. The van der Waals surface area contributed by atoms with Crippen molar-refractivity contribution >= 4 is 6.21 Å². The quantitative estimate of drug-likeness (QED) is 0.155. The number of unbranched alkanes of at least 4 members (excludes halogenated alkanes) is 2. The number of rotatable bonds is 13. The number of ether oxygens (including phenoxy) is 2. The van der Waals surface area contributed by atoms with Crippen LogP contribution in [-0.2, 0) is 16.4 Å². The third kappa shape index (κ3) is 8.41. The Morgan fingerprint density at radius 1 is 0.744 bits per heavy atom. The van der Waals surface area contributed by atoms with Crippen LogP contribution in [0.2, 0.25) is 0 Å². The molecule has 3 rings (SSSR count). The van der Waals surface area contributed by atoms with Crippen LogP contribution in [0.15, 0.2) is 65.7 Å². The maximum absolute atomic E-state index is 13.3. The van der Waals surface area contributed by atoms with Gasteiger partial charge in [-0.2, -0.15) is 0 Å². The third-order valence-electron chi connectivity index (χ3n) is 8.00. The SMILES string of the molecule is CCCCOc1ccc(C(C)(C)C)cc1C(O)(c1cc(C(C)(C)C)ccc1OCCCC)[C@@H](C)N=Cc1ccccc1O. The normalized spacial score (nSPS) is 13.3. The topological polar surface area (TPSA) is 71.3 Å². The van der Waals surface area contributed by atoms with E-state index in [2.05, 4.69) is 79.7 Å². The zero-order valence-corrected chi connectivity index (χ0v) is 27.8. The minimum atomic E-state index is -1.62. The van der Waals surface area contributed by atoms with Gasteiger partial charge in [0, 0.05) is 22.9 Å². The summed E-state index contributed by atoms with van der Waals surface area (Å²) in [5.41, 5.74) is 2.13. The lowest BCUT2D eigenvalue weighted by Crippen LogP contribution is -2.39. The van der Waals surface area contributed by atoms with E-state index in [1.165, 1.54) is 0 Å². The fourth-order valence-corrected chi connectivity index (χ4v) is 4.99. The summed E-state index contributed by atoms with van der Waals surface area (Å²) < 4.78 is 12.8.